The van der Waals surface area contributed by atoms with Crippen LogP contribution in [0.2, 0.25) is 0 Å². The predicted octanol–water partition coefficient (Wildman–Crippen LogP) is 9.33. The van der Waals surface area contributed by atoms with E-state index in [0.29, 0.717) is 0 Å². The molecule has 38 heavy (non-hydrogen) atoms. The fourth-order valence-electron chi connectivity index (χ4n) is 2.33. The Morgan fingerprint density at radius 2 is 0.842 bits per heavy atom. The van der Waals surface area contributed by atoms with Crippen molar-refractivity contribution < 1.29 is 42.1 Å². The summed E-state index contributed by atoms with van der Waals surface area (Å²) >= 11 is 0. The molecule has 0 unspecified atom stereocenters. The van der Waals surface area contributed by atoms with Gasteiger partial charge in [-0.15, -0.1) is 12.5 Å². The van der Waals surface area contributed by atoms with Gasteiger partial charge in [-0.25, -0.2) is 12.2 Å². The summed E-state index contributed by atoms with van der Waals surface area (Å²) in [7, 11) is 0. The number of benzene rings is 4. The average Bonchev–Trinajstić information content (AvgIpc) is 3.04. The molecule has 0 saturated heterocycles. The van der Waals surface area contributed by atoms with Gasteiger partial charge in [-0.3, -0.25) is 12.2 Å². The molecule has 2 heteroatoms. The summed E-state index contributed by atoms with van der Waals surface area (Å²) in [4.78, 5) is 0. The van der Waals surface area contributed by atoms with Crippen molar-refractivity contribution >= 4 is 0 Å². The third-order valence-corrected chi connectivity index (χ3v) is 4.03. The van der Waals surface area contributed by atoms with Crippen LogP contribution in [-0.4, -0.2) is 0 Å². The molecule has 2 aliphatic carbocycles. The molecule has 0 fully saturated rings. The molecule has 0 spiro atoms. The Morgan fingerprint density at radius 3 is 0.921 bits per heavy atom. The van der Waals surface area contributed by atoms with Crippen LogP contribution in [0.1, 0.15) is 25.7 Å². The topological polar surface area (TPSA) is 0 Å². The minimum absolute atomic E-state index is 0. The van der Waals surface area contributed by atoms with Crippen LogP contribution in [0.15, 0.2) is 158 Å². The van der Waals surface area contributed by atoms with Crippen LogP contribution in [-0.2, 0) is 42.1 Å². The molecular weight excluding hydrogens is 823 g/mol. The molecule has 0 aliphatic heterocycles. The second-order valence-corrected chi connectivity index (χ2v) is 6.97. The van der Waals surface area contributed by atoms with Gasteiger partial charge in [0.05, 0.1) is 0 Å². The first-order valence-corrected chi connectivity index (χ1v) is 12.1. The van der Waals surface area contributed by atoms with Gasteiger partial charge in [-0.05, 0) is 6.42 Å². The summed E-state index contributed by atoms with van der Waals surface area (Å²) in [5, 5.41) is 0. The molecule has 0 aromatic heterocycles. The number of allylic oxidation sites excluding steroid dienone is 8. The zero-order chi connectivity index (χ0) is 25.5. The van der Waals surface area contributed by atoms with Crippen LogP contribution < -0.4 is 0 Å². The van der Waals surface area contributed by atoms with Crippen LogP contribution in [0.5, 0.6) is 0 Å². The average molecular weight is 857 g/mol. The minimum Gasteiger partial charge on any atom is -0.496 e. The number of rotatable bonds is 0. The van der Waals surface area contributed by atoms with Crippen LogP contribution in [0, 0.1) is 36.4 Å². The molecule has 0 amide bonds. The Balaban J connectivity index is 0. The SMILES string of the molecule is [C-]1=CC=CCC1.[C-]1=CCC=CC1.[Pt].[Pt].[c-]1ccccc1.[c-]1ccccc1.[c-]1ccccc1.[c-]1ccccc1. The maximum atomic E-state index is 3.07. The third kappa shape index (κ3) is 31.2. The summed E-state index contributed by atoms with van der Waals surface area (Å²) in [6.45, 7) is 0. The standard InChI is InChI=1S/2C6H7.4C6H5.2Pt/c6*1-2-4-6-5-3-1;;/h1-2,5H,3-4H2;1-3H,4,6H2;4*1-5H;;/q6*-1;;. The molecule has 6 rings (SSSR count). The van der Waals surface area contributed by atoms with Gasteiger partial charge in [0, 0.05) is 42.1 Å². The first-order valence-electron chi connectivity index (χ1n) is 12.1. The van der Waals surface area contributed by atoms with Crippen molar-refractivity contribution in [3.8, 4) is 0 Å². The van der Waals surface area contributed by atoms with Gasteiger partial charge in [0.2, 0.25) is 0 Å². The zero-order valence-corrected chi connectivity index (χ0v) is 26.0. The maximum absolute atomic E-state index is 3.07. The van der Waals surface area contributed by atoms with Crippen molar-refractivity contribution in [2.24, 2.45) is 0 Å². The van der Waals surface area contributed by atoms with E-state index in [1.165, 1.54) is 6.42 Å². The summed E-state index contributed by atoms with van der Waals surface area (Å²) in [6.07, 6.45) is 23.0. The smallest absolute Gasteiger partial charge is 0 e. The van der Waals surface area contributed by atoms with Crippen LogP contribution >= 0.6 is 0 Å². The second-order valence-electron chi connectivity index (χ2n) is 6.97. The maximum Gasteiger partial charge on any atom is 0 e. The number of hydrogen-bond acceptors (Lipinski definition) is 0. The van der Waals surface area contributed by atoms with E-state index >= 15 is 0 Å². The van der Waals surface area contributed by atoms with E-state index in [4.69, 9.17) is 0 Å². The Morgan fingerprint density at radius 1 is 0.421 bits per heavy atom. The van der Waals surface area contributed by atoms with Gasteiger partial charge in [0.25, 0.3) is 0 Å². The normalized spacial score (nSPS) is 10.9. The van der Waals surface area contributed by atoms with Crippen LogP contribution in [0.4, 0.5) is 0 Å². The minimum atomic E-state index is 0. The molecule has 0 radical (unpaired) electrons. The largest absolute Gasteiger partial charge is 0.496 e. The summed E-state index contributed by atoms with van der Waals surface area (Å²) in [6, 6.07) is 50.0. The Labute approximate surface area is 260 Å². The van der Waals surface area contributed by atoms with Crippen molar-refractivity contribution in [2.75, 3.05) is 0 Å². The predicted molar refractivity (Wildman–Crippen MR) is 153 cm³/mol. The molecule has 0 bridgehead atoms. The molecule has 4 aromatic carbocycles. The van der Waals surface area contributed by atoms with Crippen LogP contribution in [0.25, 0.3) is 0 Å². The van der Waals surface area contributed by atoms with Crippen molar-refractivity contribution in [1.29, 1.82) is 0 Å². The van der Waals surface area contributed by atoms with Crippen molar-refractivity contribution in [2.45, 2.75) is 25.7 Å². The van der Waals surface area contributed by atoms with Crippen molar-refractivity contribution in [3.63, 3.8) is 0 Å². The quantitative estimate of drug-likeness (QED) is 0.122. The fraction of sp³-hybridized carbons (Fsp3) is 0.111. The molecule has 0 N–H and O–H groups in total. The van der Waals surface area contributed by atoms with E-state index in [-0.39, 0.29) is 42.1 Å². The fourth-order valence-corrected chi connectivity index (χ4v) is 2.33. The van der Waals surface area contributed by atoms with E-state index in [2.05, 4.69) is 60.7 Å². The van der Waals surface area contributed by atoms with E-state index in [1.54, 1.807) is 0 Å². The number of hydrogen-bond donors (Lipinski definition) is 0. The van der Waals surface area contributed by atoms with Gasteiger partial charge in [-0.2, -0.15) is 158 Å². The molecule has 0 saturated carbocycles. The summed E-state index contributed by atoms with van der Waals surface area (Å²) in [5.41, 5.74) is 0. The zero-order valence-electron chi connectivity index (χ0n) is 21.5. The first kappa shape index (κ1) is 37.4. The molecular formula is C36H34Pt2-6. The van der Waals surface area contributed by atoms with E-state index in [0.717, 1.165) is 19.3 Å². The van der Waals surface area contributed by atoms with E-state index < -0.39 is 0 Å². The Kier molecular flexibility index (Phi) is 33.6. The van der Waals surface area contributed by atoms with Crippen molar-refractivity contribution in [3.05, 3.63) is 194 Å². The second kappa shape index (κ2) is 34.2. The Bertz CT molecular complexity index is 745. The van der Waals surface area contributed by atoms with Gasteiger partial charge >= 0.3 is 0 Å². The van der Waals surface area contributed by atoms with Crippen LogP contribution in [0.3, 0.4) is 0 Å². The molecule has 2 aliphatic rings. The van der Waals surface area contributed by atoms with Gasteiger partial charge < -0.3 is 6.08 Å². The van der Waals surface area contributed by atoms with Gasteiger partial charge in [-0.1, -0.05) is 12.5 Å². The molecule has 4 aromatic rings. The molecule has 0 nitrogen and oxygen atoms in total. The molecule has 0 heterocycles. The van der Waals surface area contributed by atoms with Gasteiger partial charge in [0.15, 0.2) is 0 Å². The first-order chi connectivity index (χ1) is 18.0. The Hall–Kier alpha value is -2.78. The third-order valence-electron chi connectivity index (χ3n) is 4.03. The summed E-state index contributed by atoms with van der Waals surface area (Å²) in [5.74, 6) is 0. The van der Waals surface area contributed by atoms with E-state index in [9.17, 15) is 0 Å². The van der Waals surface area contributed by atoms with E-state index in [1.807, 2.05) is 133 Å². The van der Waals surface area contributed by atoms with Gasteiger partial charge in [0.1, 0.15) is 0 Å². The monoisotopic (exact) mass is 856 g/mol. The molecule has 204 valence electrons. The molecule has 0 atom stereocenters. The summed E-state index contributed by atoms with van der Waals surface area (Å²) < 4.78 is 0. The van der Waals surface area contributed by atoms with Crippen molar-refractivity contribution in [1.82, 2.24) is 0 Å².